The molecule has 1 aliphatic rings. The van der Waals surface area contributed by atoms with Crippen molar-refractivity contribution in [3.63, 3.8) is 0 Å². The van der Waals surface area contributed by atoms with E-state index in [9.17, 15) is 10.2 Å². The molecule has 1 unspecified atom stereocenters. The standard InChI is InChI=1S/C18H28O2Se/c19-16-13-9-4-2-1-3-5-10-14-17(20)18(16)21-15-11-7-6-8-12-15/h6-8,11-12,16-20H,1-5,9-10,13-14H2/t16-,17+,18?. The summed E-state index contributed by atoms with van der Waals surface area (Å²) in [4.78, 5) is 0.0410. The van der Waals surface area contributed by atoms with E-state index in [-0.39, 0.29) is 32.0 Å². The van der Waals surface area contributed by atoms with Crippen LogP contribution in [0.4, 0.5) is 0 Å². The Morgan fingerprint density at radius 2 is 1.19 bits per heavy atom. The topological polar surface area (TPSA) is 40.5 Å². The Kier molecular flexibility index (Phi) is 7.81. The Bertz CT molecular complexity index is 366. The fourth-order valence-corrected chi connectivity index (χ4v) is 5.54. The molecule has 3 atom stereocenters. The number of rotatable bonds is 2. The van der Waals surface area contributed by atoms with Gasteiger partial charge in [-0.05, 0) is 0 Å². The molecular weight excluding hydrogens is 327 g/mol. The average molecular weight is 355 g/mol. The van der Waals surface area contributed by atoms with Gasteiger partial charge >= 0.3 is 135 Å². The molecule has 1 aromatic rings. The Morgan fingerprint density at radius 3 is 1.71 bits per heavy atom. The van der Waals surface area contributed by atoms with E-state index in [2.05, 4.69) is 12.1 Å². The van der Waals surface area contributed by atoms with E-state index in [0.29, 0.717) is 0 Å². The van der Waals surface area contributed by atoms with Crippen molar-refractivity contribution in [1.29, 1.82) is 0 Å². The molecule has 1 saturated carbocycles. The van der Waals surface area contributed by atoms with Crippen LogP contribution in [0, 0.1) is 0 Å². The van der Waals surface area contributed by atoms with Crippen LogP contribution < -0.4 is 4.46 Å². The molecule has 2 N–H and O–H groups in total. The molecule has 118 valence electrons. The van der Waals surface area contributed by atoms with Crippen LogP contribution in [0.2, 0.25) is 4.82 Å². The average Bonchev–Trinajstić information content (AvgIpc) is 2.50. The monoisotopic (exact) mass is 356 g/mol. The molecule has 0 spiro atoms. The SMILES string of the molecule is O[C@@H]1CCCCCCCCC[C@H](O)C1[Se]c1ccccc1. The first-order valence-corrected chi connectivity index (χ1v) is 10.2. The predicted octanol–water partition coefficient (Wildman–Crippen LogP) is 3.05. The van der Waals surface area contributed by atoms with Gasteiger partial charge in [0.15, 0.2) is 0 Å². The molecular formula is C18H28O2Se. The normalized spacial score (nSPS) is 29.3. The maximum absolute atomic E-state index is 10.5. The number of aliphatic hydroxyl groups excluding tert-OH is 2. The third-order valence-corrected chi connectivity index (χ3v) is 7.30. The Morgan fingerprint density at radius 1 is 0.714 bits per heavy atom. The minimum atomic E-state index is -0.348. The second-order valence-corrected chi connectivity index (χ2v) is 8.71. The van der Waals surface area contributed by atoms with Gasteiger partial charge < -0.3 is 0 Å². The summed E-state index contributed by atoms with van der Waals surface area (Å²) in [7, 11) is 0. The zero-order valence-electron chi connectivity index (χ0n) is 12.8. The van der Waals surface area contributed by atoms with E-state index < -0.39 is 0 Å². The minimum absolute atomic E-state index is 0.0410. The molecule has 21 heavy (non-hydrogen) atoms. The van der Waals surface area contributed by atoms with Gasteiger partial charge in [-0.3, -0.25) is 0 Å². The molecule has 1 fully saturated rings. The summed E-state index contributed by atoms with van der Waals surface area (Å²) in [6.45, 7) is 0. The van der Waals surface area contributed by atoms with E-state index >= 15 is 0 Å². The van der Waals surface area contributed by atoms with E-state index in [1.165, 1.54) is 36.6 Å². The van der Waals surface area contributed by atoms with Gasteiger partial charge in [0.25, 0.3) is 0 Å². The van der Waals surface area contributed by atoms with Crippen molar-refractivity contribution < 1.29 is 10.2 Å². The first-order chi connectivity index (χ1) is 10.3. The van der Waals surface area contributed by atoms with Gasteiger partial charge in [0.2, 0.25) is 0 Å². The summed E-state index contributed by atoms with van der Waals surface area (Å²) in [5.74, 6) is 0. The number of hydrogen-bond acceptors (Lipinski definition) is 2. The van der Waals surface area contributed by atoms with Crippen molar-refractivity contribution in [2.24, 2.45) is 0 Å². The van der Waals surface area contributed by atoms with E-state index in [1.807, 2.05) is 18.2 Å². The van der Waals surface area contributed by atoms with E-state index in [1.54, 1.807) is 0 Å². The third kappa shape index (κ3) is 6.12. The summed E-state index contributed by atoms with van der Waals surface area (Å²) in [5.41, 5.74) is 0. The van der Waals surface area contributed by atoms with Gasteiger partial charge in [0, 0.05) is 0 Å². The van der Waals surface area contributed by atoms with Gasteiger partial charge in [-0.25, -0.2) is 0 Å². The molecule has 0 heterocycles. The summed E-state index contributed by atoms with van der Waals surface area (Å²) in [5, 5.41) is 21.1. The zero-order valence-corrected chi connectivity index (χ0v) is 14.5. The van der Waals surface area contributed by atoms with E-state index in [4.69, 9.17) is 0 Å². The second-order valence-electron chi connectivity index (χ2n) is 6.08. The quantitative estimate of drug-likeness (QED) is 0.801. The third-order valence-electron chi connectivity index (χ3n) is 4.27. The van der Waals surface area contributed by atoms with Crippen molar-refractivity contribution in [3.05, 3.63) is 30.3 Å². The van der Waals surface area contributed by atoms with Crippen LogP contribution in [-0.2, 0) is 0 Å². The second kappa shape index (κ2) is 9.63. The molecule has 0 aliphatic heterocycles. The molecule has 0 aromatic heterocycles. The van der Waals surface area contributed by atoms with Crippen molar-refractivity contribution >= 4 is 19.4 Å². The van der Waals surface area contributed by atoms with Gasteiger partial charge in [0.05, 0.1) is 0 Å². The van der Waals surface area contributed by atoms with Gasteiger partial charge in [0.1, 0.15) is 0 Å². The molecule has 2 rings (SSSR count). The summed E-state index contributed by atoms with van der Waals surface area (Å²) < 4.78 is 1.28. The summed E-state index contributed by atoms with van der Waals surface area (Å²) in [6, 6.07) is 10.4. The fourth-order valence-electron chi connectivity index (χ4n) is 2.99. The van der Waals surface area contributed by atoms with E-state index in [0.717, 1.165) is 25.7 Å². The summed E-state index contributed by atoms with van der Waals surface area (Å²) in [6.07, 6.45) is 9.52. The van der Waals surface area contributed by atoms with Crippen molar-refractivity contribution in [2.75, 3.05) is 0 Å². The maximum atomic E-state index is 10.5. The predicted molar refractivity (Wildman–Crippen MR) is 89.1 cm³/mol. The zero-order chi connectivity index (χ0) is 14.9. The van der Waals surface area contributed by atoms with Crippen molar-refractivity contribution in [1.82, 2.24) is 0 Å². The van der Waals surface area contributed by atoms with Crippen LogP contribution >= 0.6 is 0 Å². The molecule has 0 radical (unpaired) electrons. The number of hydrogen-bond donors (Lipinski definition) is 2. The van der Waals surface area contributed by atoms with Crippen molar-refractivity contribution in [2.45, 2.75) is 74.8 Å². The Balaban J connectivity index is 2.00. The van der Waals surface area contributed by atoms with Crippen LogP contribution in [0.1, 0.15) is 57.8 Å². The molecule has 0 amide bonds. The van der Waals surface area contributed by atoms with Crippen LogP contribution in [-0.4, -0.2) is 37.4 Å². The van der Waals surface area contributed by atoms with Gasteiger partial charge in [-0.2, -0.15) is 0 Å². The molecule has 0 saturated heterocycles. The molecule has 3 heteroatoms. The van der Waals surface area contributed by atoms with Gasteiger partial charge in [-0.15, -0.1) is 0 Å². The first-order valence-electron chi connectivity index (χ1n) is 8.35. The van der Waals surface area contributed by atoms with Crippen LogP contribution in [0.3, 0.4) is 0 Å². The van der Waals surface area contributed by atoms with Crippen LogP contribution in [0.15, 0.2) is 30.3 Å². The molecule has 1 aliphatic carbocycles. The van der Waals surface area contributed by atoms with Crippen LogP contribution in [0.5, 0.6) is 0 Å². The van der Waals surface area contributed by atoms with Gasteiger partial charge in [-0.1, -0.05) is 0 Å². The Hall–Kier alpha value is -0.341. The first kappa shape index (κ1) is 17.0. The fraction of sp³-hybridized carbons (Fsp3) is 0.667. The molecule has 2 nitrogen and oxygen atoms in total. The van der Waals surface area contributed by atoms with Crippen molar-refractivity contribution in [3.8, 4) is 0 Å². The molecule has 0 bridgehead atoms. The van der Waals surface area contributed by atoms with Crippen LogP contribution in [0.25, 0.3) is 0 Å². The summed E-state index contributed by atoms with van der Waals surface area (Å²) >= 11 is 0.143. The number of benzene rings is 1. The number of aliphatic hydroxyl groups is 2. The molecule has 1 aromatic carbocycles. The Labute approximate surface area is 135 Å².